The normalized spacial score (nSPS) is 10.6. The molecule has 0 fully saturated rings. The largest absolute Gasteiger partial charge is 0.490 e. The van der Waals surface area contributed by atoms with Gasteiger partial charge in [-0.1, -0.05) is 31.0 Å². The van der Waals surface area contributed by atoms with Gasteiger partial charge < -0.3 is 20.1 Å². The first-order chi connectivity index (χ1) is 16.3. The summed E-state index contributed by atoms with van der Waals surface area (Å²) in [5.74, 6) is -1.16. The Labute approximate surface area is 203 Å². The molecule has 0 heterocycles. The number of carbonyl (C=O) groups excluding carboxylic acids is 3. The summed E-state index contributed by atoms with van der Waals surface area (Å²) >= 11 is 6.08. The SMILES string of the molecule is CCCCNC(=O)C(=O)N/N=C\c1ccc(OCC(=O)Nc2cccc(Cl)c2C)c(OCC)c1. The molecule has 0 bridgehead atoms. The molecule has 0 saturated carbocycles. The summed E-state index contributed by atoms with van der Waals surface area (Å²) in [6, 6.07) is 10.2. The number of unbranched alkanes of at least 4 members (excludes halogenated alkanes) is 1. The molecule has 0 aliphatic heterocycles. The zero-order valence-corrected chi connectivity index (χ0v) is 20.2. The van der Waals surface area contributed by atoms with Crippen LogP contribution in [0.3, 0.4) is 0 Å². The molecule has 182 valence electrons. The minimum atomic E-state index is -0.849. The molecule has 10 heteroatoms. The van der Waals surface area contributed by atoms with Crippen molar-refractivity contribution in [2.24, 2.45) is 5.10 Å². The Hall–Kier alpha value is -3.59. The first-order valence-corrected chi connectivity index (χ1v) is 11.3. The summed E-state index contributed by atoms with van der Waals surface area (Å²) in [5.41, 5.74) is 4.15. The van der Waals surface area contributed by atoms with E-state index in [2.05, 4.69) is 21.2 Å². The van der Waals surface area contributed by atoms with Crippen LogP contribution in [0.2, 0.25) is 5.02 Å². The van der Waals surface area contributed by atoms with Gasteiger partial charge in [-0.25, -0.2) is 5.43 Å². The lowest BCUT2D eigenvalue weighted by molar-refractivity contribution is -0.139. The van der Waals surface area contributed by atoms with Gasteiger partial charge in [0.2, 0.25) is 0 Å². The van der Waals surface area contributed by atoms with Crippen molar-refractivity contribution in [3.8, 4) is 11.5 Å². The average Bonchev–Trinajstić information content (AvgIpc) is 2.81. The summed E-state index contributed by atoms with van der Waals surface area (Å²) in [7, 11) is 0. The zero-order chi connectivity index (χ0) is 24.9. The lowest BCUT2D eigenvalue weighted by Gasteiger charge is -2.13. The molecule has 0 saturated heterocycles. The van der Waals surface area contributed by atoms with E-state index in [1.807, 2.05) is 20.8 Å². The number of nitrogens with zero attached hydrogens (tertiary/aromatic N) is 1. The molecule has 34 heavy (non-hydrogen) atoms. The van der Waals surface area contributed by atoms with E-state index in [9.17, 15) is 14.4 Å². The average molecular weight is 489 g/mol. The second-order valence-corrected chi connectivity index (χ2v) is 7.60. The Balaban J connectivity index is 1.95. The number of rotatable bonds is 11. The number of hydrazone groups is 1. The summed E-state index contributed by atoms with van der Waals surface area (Å²) in [5, 5.41) is 9.63. The highest BCUT2D eigenvalue weighted by Crippen LogP contribution is 2.28. The quantitative estimate of drug-likeness (QED) is 0.194. The highest BCUT2D eigenvalue weighted by Gasteiger charge is 2.12. The van der Waals surface area contributed by atoms with Crippen LogP contribution in [0.25, 0.3) is 0 Å². The van der Waals surface area contributed by atoms with Crippen LogP contribution in [-0.2, 0) is 14.4 Å². The second kappa shape index (κ2) is 13.8. The number of benzene rings is 2. The molecular formula is C24H29ClN4O5. The van der Waals surface area contributed by atoms with E-state index in [4.69, 9.17) is 21.1 Å². The number of nitrogens with one attached hydrogen (secondary N) is 3. The molecule has 3 amide bonds. The Morgan fingerprint density at radius 3 is 2.59 bits per heavy atom. The summed E-state index contributed by atoms with van der Waals surface area (Å²) in [6.07, 6.45) is 3.07. The number of ether oxygens (including phenoxy) is 2. The van der Waals surface area contributed by atoms with Gasteiger partial charge >= 0.3 is 11.8 Å². The maximum absolute atomic E-state index is 12.3. The van der Waals surface area contributed by atoms with Gasteiger partial charge in [0.25, 0.3) is 5.91 Å². The minimum absolute atomic E-state index is 0.233. The Morgan fingerprint density at radius 2 is 1.85 bits per heavy atom. The van der Waals surface area contributed by atoms with Crippen LogP contribution >= 0.6 is 11.6 Å². The molecule has 0 radical (unpaired) electrons. The van der Waals surface area contributed by atoms with Crippen molar-refractivity contribution in [1.29, 1.82) is 0 Å². The smallest absolute Gasteiger partial charge is 0.329 e. The van der Waals surface area contributed by atoms with Crippen LogP contribution in [0.5, 0.6) is 11.5 Å². The van der Waals surface area contributed by atoms with E-state index >= 15 is 0 Å². The fourth-order valence-electron chi connectivity index (χ4n) is 2.74. The van der Waals surface area contributed by atoms with Crippen LogP contribution in [0.15, 0.2) is 41.5 Å². The van der Waals surface area contributed by atoms with Crippen molar-refractivity contribution >= 4 is 41.2 Å². The van der Waals surface area contributed by atoms with Gasteiger partial charge in [-0.2, -0.15) is 5.10 Å². The lowest BCUT2D eigenvalue weighted by atomic mass is 10.2. The molecule has 9 nitrogen and oxygen atoms in total. The topological polar surface area (TPSA) is 118 Å². The van der Waals surface area contributed by atoms with Crippen LogP contribution in [-0.4, -0.2) is 43.7 Å². The third-order valence-corrected chi connectivity index (χ3v) is 4.98. The number of anilines is 1. The van der Waals surface area contributed by atoms with Gasteiger partial charge in [0.05, 0.1) is 12.8 Å². The predicted octanol–water partition coefficient (Wildman–Crippen LogP) is 3.43. The fraction of sp³-hybridized carbons (Fsp3) is 0.333. The molecular weight excluding hydrogens is 460 g/mol. The summed E-state index contributed by atoms with van der Waals surface area (Å²) in [4.78, 5) is 35.7. The first-order valence-electron chi connectivity index (χ1n) is 10.9. The number of carbonyl (C=O) groups is 3. The highest BCUT2D eigenvalue weighted by atomic mass is 35.5. The molecule has 0 aromatic heterocycles. The second-order valence-electron chi connectivity index (χ2n) is 7.20. The van der Waals surface area contributed by atoms with Gasteiger partial charge in [-0.05, 0) is 61.7 Å². The van der Waals surface area contributed by atoms with Crippen molar-refractivity contribution < 1.29 is 23.9 Å². The Morgan fingerprint density at radius 1 is 1.06 bits per heavy atom. The van der Waals surface area contributed by atoms with Crippen molar-refractivity contribution in [3.05, 3.63) is 52.5 Å². The molecule has 2 rings (SSSR count). The Bertz CT molecular complexity index is 1040. The van der Waals surface area contributed by atoms with E-state index in [1.54, 1.807) is 36.4 Å². The number of amides is 3. The summed E-state index contributed by atoms with van der Waals surface area (Å²) in [6.45, 7) is 6.19. The van der Waals surface area contributed by atoms with Crippen LogP contribution in [0.1, 0.15) is 37.8 Å². The van der Waals surface area contributed by atoms with E-state index in [0.29, 0.717) is 40.9 Å². The van der Waals surface area contributed by atoms with Crippen LogP contribution in [0.4, 0.5) is 5.69 Å². The maximum Gasteiger partial charge on any atom is 0.329 e. The zero-order valence-electron chi connectivity index (χ0n) is 19.4. The molecule has 0 atom stereocenters. The lowest BCUT2D eigenvalue weighted by Crippen LogP contribution is -2.38. The molecule has 0 aliphatic rings. The van der Waals surface area contributed by atoms with Crippen LogP contribution in [0, 0.1) is 6.92 Å². The van der Waals surface area contributed by atoms with Gasteiger partial charge in [0, 0.05) is 17.3 Å². The number of halogens is 1. The van der Waals surface area contributed by atoms with Gasteiger partial charge in [0.1, 0.15) is 0 Å². The van der Waals surface area contributed by atoms with Gasteiger partial charge in [-0.15, -0.1) is 0 Å². The number of hydrogen-bond acceptors (Lipinski definition) is 6. The molecule has 2 aromatic carbocycles. The third kappa shape index (κ3) is 8.40. The van der Waals surface area contributed by atoms with Gasteiger partial charge in [-0.3, -0.25) is 14.4 Å². The molecule has 0 unspecified atom stereocenters. The van der Waals surface area contributed by atoms with E-state index in [-0.39, 0.29) is 12.5 Å². The molecule has 3 N–H and O–H groups in total. The van der Waals surface area contributed by atoms with Crippen molar-refractivity contribution in [2.75, 3.05) is 25.1 Å². The number of hydrogen-bond donors (Lipinski definition) is 3. The predicted molar refractivity (Wildman–Crippen MR) is 132 cm³/mol. The van der Waals surface area contributed by atoms with Gasteiger partial charge in [0.15, 0.2) is 18.1 Å². The summed E-state index contributed by atoms with van der Waals surface area (Å²) < 4.78 is 11.2. The van der Waals surface area contributed by atoms with Crippen molar-refractivity contribution in [2.45, 2.75) is 33.6 Å². The first kappa shape index (κ1) is 26.7. The molecule has 0 spiro atoms. The standard InChI is InChI=1S/C24H29ClN4O5/c1-4-6-12-26-23(31)24(32)29-27-14-17-10-11-20(21(13-17)33-5-2)34-15-22(30)28-19-9-7-8-18(25)16(19)3/h7-11,13-14H,4-6,12,15H2,1-3H3,(H,26,31)(H,28,30)(H,29,32)/b27-14-. The molecule has 2 aromatic rings. The van der Waals surface area contributed by atoms with E-state index in [0.717, 1.165) is 18.4 Å². The molecule has 0 aliphatic carbocycles. The monoisotopic (exact) mass is 488 g/mol. The third-order valence-electron chi connectivity index (χ3n) is 4.57. The van der Waals surface area contributed by atoms with E-state index < -0.39 is 11.8 Å². The minimum Gasteiger partial charge on any atom is -0.490 e. The van der Waals surface area contributed by atoms with Crippen molar-refractivity contribution in [3.63, 3.8) is 0 Å². The Kier molecular flexibility index (Phi) is 10.9. The highest BCUT2D eigenvalue weighted by molar-refractivity contribution is 6.35. The van der Waals surface area contributed by atoms with Crippen molar-refractivity contribution in [1.82, 2.24) is 10.7 Å². The van der Waals surface area contributed by atoms with Crippen LogP contribution < -0.4 is 25.5 Å². The fourth-order valence-corrected chi connectivity index (χ4v) is 2.91. The van der Waals surface area contributed by atoms with E-state index in [1.165, 1.54) is 6.21 Å². The maximum atomic E-state index is 12.3.